The van der Waals surface area contributed by atoms with Gasteiger partial charge in [0, 0.05) is 0 Å². The summed E-state index contributed by atoms with van der Waals surface area (Å²) in [5, 5.41) is 6.95. The normalized spacial score (nSPS) is 14.3. The van der Waals surface area contributed by atoms with Gasteiger partial charge in [-0.3, -0.25) is 19.2 Å². The Bertz CT molecular complexity index is 1440. The molecular weight excluding hydrogens is 741 g/mol. The van der Waals surface area contributed by atoms with Crippen molar-refractivity contribution in [2.45, 2.75) is 102 Å². The van der Waals surface area contributed by atoms with Crippen molar-refractivity contribution in [1.82, 2.24) is 0 Å². The van der Waals surface area contributed by atoms with Crippen molar-refractivity contribution in [1.29, 1.82) is 0 Å². The fourth-order valence-corrected chi connectivity index (χ4v) is 14.3. The monoisotopic (exact) mass is 792 g/mol. The van der Waals surface area contributed by atoms with Crippen molar-refractivity contribution in [2.75, 3.05) is 36.2 Å². The number of unbranched alkanes of at least 4 members (excludes halogenated alkanes) is 4. The second-order valence-electron chi connectivity index (χ2n) is 11.9. The molecule has 2 unspecified atom stereocenters. The molecule has 0 radical (unpaired) electrons. The van der Waals surface area contributed by atoms with Crippen LogP contribution in [0.1, 0.15) is 92.9 Å². The van der Waals surface area contributed by atoms with Crippen LogP contribution < -0.4 is 0 Å². The molecular formula is C30H52N2O14S4. The van der Waals surface area contributed by atoms with E-state index >= 15 is 0 Å². The second kappa shape index (κ2) is 22.4. The summed E-state index contributed by atoms with van der Waals surface area (Å²) in [5.74, 6) is -10.4. The van der Waals surface area contributed by atoms with E-state index in [0.29, 0.717) is 25.7 Å². The van der Waals surface area contributed by atoms with E-state index in [-0.39, 0.29) is 25.7 Å². The van der Waals surface area contributed by atoms with Gasteiger partial charge in [0.1, 0.15) is 13.2 Å². The number of hydrogen-bond acceptors (Lipinski definition) is 16. The van der Waals surface area contributed by atoms with E-state index in [1.807, 2.05) is 0 Å². The average molecular weight is 793 g/mol. The zero-order valence-corrected chi connectivity index (χ0v) is 32.9. The van der Waals surface area contributed by atoms with Crippen molar-refractivity contribution >= 4 is 74.9 Å². The fourth-order valence-electron chi connectivity index (χ4n) is 4.23. The van der Waals surface area contributed by atoms with Crippen molar-refractivity contribution in [3.8, 4) is 0 Å². The molecule has 0 spiro atoms. The molecule has 0 saturated heterocycles. The van der Waals surface area contributed by atoms with Crippen LogP contribution in [0.2, 0.25) is 0 Å². The van der Waals surface area contributed by atoms with Gasteiger partial charge in [-0.15, -0.1) is 0 Å². The van der Waals surface area contributed by atoms with E-state index in [2.05, 4.69) is 10.3 Å². The first-order chi connectivity index (χ1) is 23.2. The minimum Gasteiger partial charge on any atom is -0.395 e. The molecule has 0 heterocycles. The molecule has 0 aromatic rings. The third-order valence-electron chi connectivity index (χ3n) is 7.23. The zero-order chi connectivity index (χ0) is 38.8. The predicted octanol–water partition coefficient (Wildman–Crippen LogP) is 2.05. The Morgan fingerprint density at radius 3 is 0.940 bits per heavy atom. The minimum atomic E-state index is -4.48. The topological polar surface area (TPSA) is 248 Å². The van der Waals surface area contributed by atoms with Crippen LogP contribution in [0.15, 0.2) is 10.3 Å². The molecule has 16 nitrogen and oxygen atoms in total. The lowest BCUT2D eigenvalue weighted by Crippen LogP contribution is -2.45. The number of ketones is 4. The van der Waals surface area contributed by atoms with Crippen LogP contribution in [0.4, 0.5) is 0 Å². The van der Waals surface area contributed by atoms with Crippen LogP contribution in [0, 0.1) is 11.8 Å². The Kier molecular flexibility index (Phi) is 21.2. The largest absolute Gasteiger partial charge is 0.395 e. The van der Waals surface area contributed by atoms with E-state index in [9.17, 15) is 52.8 Å². The van der Waals surface area contributed by atoms with Gasteiger partial charge in [-0.2, -0.15) is 0 Å². The lowest BCUT2D eigenvalue weighted by atomic mass is 10.1. The Labute approximate surface area is 296 Å². The molecule has 0 saturated carbocycles. The van der Waals surface area contributed by atoms with Crippen molar-refractivity contribution < 1.29 is 62.5 Å². The average Bonchev–Trinajstić information content (AvgIpc) is 3.04. The third-order valence-corrected chi connectivity index (χ3v) is 17.6. The van der Waals surface area contributed by atoms with E-state index in [4.69, 9.17) is 9.68 Å². The first kappa shape index (κ1) is 47.4. The highest BCUT2D eigenvalue weighted by molar-refractivity contribution is 8.10. The molecule has 0 amide bonds. The summed E-state index contributed by atoms with van der Waals surface area (Å²) in [5.41, 5.74) is 0. The number of carbonyl (C=O) groups excluding carboxylic acids is 4. The van der Waals surface area contributed by atoms with Crippen LogP contribution >= 0.6 is 0 Å². The van der Waals surface area contributed by atoms with Crippen LogP contribution in [-0.4, -0.2) is 115 Å². The second-order valence-corrected chi connectivity index (χ2v) is 21.3. The van der Waals surface area contributed by atoms with Crippen LogP contribution in [0.5, 0.6) is 0 Å². The molecule has 50 heavy (non-hydrogen) atoms. The highest BCUT2D eigenvalue weighted by atomic mass is 32.3. The predicted molar refractivity (Wildman–Crippen MR) is 190 cm³/mol. The molecule has 0 aromatic heterocycles. The minimum absolute atomic E-state index is 0.114. The Morgan fingerprint density at radius 1 is 0.480 bits per heavy atom. The Balaban J connectivity index is 5.38. The van der Waals surface area contributed by atoms with Gasteiger partial charge in [-0.05, 0) is 25.7 Å². The highest BCUT2D eigenvalue weighted by Crippen LogP contribution is 2.20. The SMILES string of the molecule is CCCCS(=O)(=O)C(C(=O)C(=O)C(C)CO/N=C/C=N/OCC(C)C(=O)C(=O)C(S(=O)(=O)CCCC)S(=O)(=O)CCCC)S(=O)(=O)CCCC. The van der Waals surface area contributed by atoms with Crippen molar-refractivity contribution in [3.63, 3.8) is 0 Å². The van der Waals surface area contributed by atoms with Gasteiger partial charge in [0.2, 0.25) is 32.3 Å². The summed E-state index contributed by atoms with van der Waals surface area (Å²) in [4.78, 5) is 61.3. The molecule has 0 bridgehead atoms. The smallest absolute Gasteiger partial charge is 0.232 e. The van der Waals surface area contributed by atoms with Gasteiger partial charge < -0.3 is 9.68 Å². The molecule has 290 valence electrons. The molecule has 0 N–H and O–H groups in total. The summed E-state index contributed by atoms with van der Waals surface area (Å²) in [7, 11) is -17.9. The van der Waals surface area contributed by atoms with Crippen LogP contribution in [0.25, 0.3) is 0 Å². The molecule has 0 aliphatic rings. The standard InChI is InChI=1S/C30H52N2O14S4/c1-7-11-17-47(37,38)29(48(39,40)18-12-8-2)27(35)25(33)23(5)21-45-31-15-16-32-46-22-24(6)26(34)28(36)30(49(41,42)19-13-9-3)50(43,44)20-14-10-4/h15-16,23-24,29-30H,7-14,17-22H2,1-6H3/b31-15+,32-16+. The van der Waals surface area contributed by atoms with Gasteiger partial charge in [-0.1, -0.05) is 77.5 Å². The summed E-state index contributed by atoms with van der Waals surface area (Å²) in [6.45, 7) is 8.18. The maximum Gasteiger partial charge on any atom is 0.232 e. The van der Waals surface area contributed by atoms with Gasteiger partial charge in [-0.25, -0.2) is 33.7 Å². The molecule has 0 aliphatic heterocycles. The Morgan fingerprint density at radius 2 is 0.720 bits per heavy atom. The van der Waals surface area contributed by atoms with E-state index in [1.54, 1.807) is 27.7 Å². The summed E-state index contributed by atoms with van der Waals surface area (Å²) >= 11 is 0. The fraction of sp³-hybridized carbons (Fsp3) is 0.800. The lowest BCUT2D eigenvalue weighted by Gasteiger charge is -2.18. The number of oxime groups is 2. The molecule has 0 fully saturated rings. The van der Waals surface area contributed by atoms with E-state index in [1.165, 1.54) is 13.8 Å². The number of hydrogen-bond donors (Lipinski definition) is 0. The molecule has 0 aromatic carbocycles. The highest BCUT2D eigenvalue weighted by Gasteiger charge is 2.47. The van der Waals surface area contributed by atoms with Crippen molar-refractivity contribution in [3.05, 3.63) is 0 Å². The summed E-state index contributed by atoms with van der Waals surface area (Å²) in [6, 6.07) is 0. The lowest BCUT2D eigenvalue weighted by molar-refractivity contribution is -0.138. The number of Topliss-reactive ketones (excluding diaryl/α,β-unsaturated/α-hetero) is 4. The summed E-state index contributed by atoms with van der Waals surface area (Å²) < 4.78 is 97.6. The molecule has 2 atom stereocenters. The van der Waals surface area contributed by atoms with Gasteiger partial charge in [0.15, 0.2) is 39.3 Å². The van der Waals surface area contributed by atoms with Gasteiger partial charge >= 0.3 is 0 Å². The number of rotatable bonds is 29. The molecule has 0 aliphatic carbocycles. The Hall–Kier alpha value is -2.58. The van der Waals surface area contributed by atoms with Gasteiger partial charge in [0.25, 0.3) is 0 Å². The van der Waals surface area contributed by atoms with Crippen LogP contribution in [0.3, 0.4) is 0 Å². The number of carbonyl (C=O) groups is 4. The quantitative estimate of drug-likeness (QED) is 0.0598. The van der Waals surface area contributed by atoms with E-state index in [0.717, 1.165) is 12.4 Å². The summed E-state index contributed by atoms with van der Waals surface area (Å²) in [6.07, 6.45) is 4.02. The molecule has 20 heteroatoms. The maximum atomic E-state index is 12.9. The molecule has 0 rings (SSSR count). The first-order valence-corrected chi connectivity index (χ1v) is 23.4. The number of sulfone groups is 4. The first-order valence-electron chi connectivity index (χ1n) is 16.5. The van der Waals surface area contributed by atoms with Crippen LogP contribution in [-0.2, 0) is 68.2 Å². The van der Waals surface area contributed by atoms with Crippen molar-refractivity contribution in [2.24, 2.45) is 22.1 Å². The third kappa shape index (κ3) is 15.3. The maximum absolute atomic E-state index is 12.9. The number of nitrogens with zero attached hydrogens (tertiary/aromatic N) is 2. The zero-order valence-electron chi connectivity index (χ0n) is 29.6. The van der Waals surface area contributed by atoms with E-state index < -0.39 is 120 Å². The van der Waals surface area contributed by atoms with Gasteiger partial charge in [0.05, 0.1) is 47.3 Å².